The first kappa shape index (κ1) is 11.0. The van der Waals surface area contributed by atoms with Gasteiger partial charge in [-0.05, 0) is 19.1 Å². The molecule has 0 unspecified atom stereocenters. The van der Waals surface area contributed by atoms with E-state index in [4.69, 9.17) is 16.3 Å². The number of aromatic amines is 1. The van der Waals surface area contributed by atoms with Gasteiger partial charge in [0, 0.05) is 6.07 Å². The molecule has 2 heterocycles. The first-order chi connectivity index (χ1) is 8.72. The van der Waals surface area contributed by atoms with Crippen molar-refractivity contribution < 1.29 is 4.74 Å². The molecule has 0 saturated carbocycles. The number of benzene rings is 1. The van der Waals surface area contributed by atoms with E-state index in [0.29, 0.717) is 16.8 Å². The van der Waals surface area contributed by atoms with Crippen LogP contribution >= 0.6 is 11.6 Å². The molecule has 0 aliphatic heterocycles. The molecule has 0 amide bonds. The van der Waals surface area contributed by atoms with Gasteiger partial charge in [0.15, 0.2) is 5.75 Å². The predicted molar refractivity (Wildman–Crippen MR) is 67.9 cm³/mol. The second-order valence-corrected chi connectivity index (χ2v) is 4.14. The monoisotopic (exact) mass is 260 g/mol. The minimum atomic E-state index is 0.338. The van der Waals surface area contributed by atoms with E-state index >= 15 is 0 Å². The Labute approximate surface area is 108 Å². The molecule has 3 aromatic rings. The standard InChI is InChI=1S/C12H9ClN4O/c1-7-16-8-3-2-4-9(12(8)17-7)18-11-5-10(13)14-6-15-11/h2-6H,1H3,(H,16,17). The Bertz CT molecular complexity index is 710. The number of nitrogens with one attached hydrogen (secondary N) is 1. The minimum absolute atomic E-state index is 0.338. The Balaban J connectivity index is 2.04. The molecule has 90 valence electrons. The third-order valence-electron chi connectivity index (χ3n) is 2.42. The summed E-state index contributed by atoms with van der Waals surface area (Å²) in [6.45, 7) is 1.89. The largest absolute Gasteiger partial charge is 0.437 e. The SMILES string of the molecule is Cc1nc2c(Oc3cc(Cl)ncn3)cccc2[nH]1. The van der Waals surface area contributed by atoms with E-state index in [-0.39, 0.29) is 0 Å². The molecule has 5 nitrogen and oxygen atoms in total. The summed E-state index contributed by atoms with van der Waals surface area (Å²) < 4.78 is 5.67. The summed E-state index contributed by atoms with van der Waals surface area (Å²) in [6, 6.07) is 7.21. The van der Waals surface area contributed by atoms with Crippen molar-refractivity contribution in [1.29, 1.82) is 0 Å². The van der Waals surface area contributed by atoms with Crippen molar-refractivity contribution in [2.75, 3.05) is 0 Å². The van der Waals surface area contributed by atoms with Crippen molar-refractivity contribution in [3.63, 3.8) is 0 Å². The lowest BCUT2D eigenvalue weighted by molar-refractivity contribution is 0.466. The molecule has 6 heteroatoms. The fourth-order valence-electron chi connectivity index (χ4n) is 1.70. The van der Waals surface area contributed by atoms with E-state index in [9.17, 15) is 0 Å². The number of aryl methyl sites for hydroxylation is 1. The van der Waals surface area contributed by atoms with Gasteiger partial charge in [-0.2, -0.15) is 0 Å². The highest BCUT2D eigenvalue weighted by Gasteiger charge is 2.08. The van der Waals surface area contributed by atoms with Crippen molar-refractivity contribution >= 4 is 22.6 Å². The maximum Gasteiger partial charge on any atom is 0.223 e. The average Bonchev–Trinajstić information content (AvgIpc) is 2.71. The van der Waals surface area contributed by atoms with Crippen LogP contribution < -0.4 is 4.74 Å². The highest BCUT2D eigenvalue weighted by molar-refractivity contribution is 6.29. The molecular formula is C12H9ClN4O. The van der Waals surface area contributed by atoms with Gasteiger partial charge in [0.05, 0.1) is 5.52 Å². The quantitative estimate of drug-likeness (QED) is 0.719. The fourth-order valence-corrected chi connectivity index (χ4v) is 1.83. The van der Waals surface area contributed by atoms with Crippen molar-refractivity contribution in [3.8, 4) is 11.6 Å². The van der Waals surface area contributed by atoms with Crippen LogP contribution in [0.25, 0.3) is 11.0 Å². The van der Waals surface area contributed by atoms with Crippen LogP contribution in [-0.2, 0) is 0 Å². The number of H-pyrrole nitrogens is 1. The third-order valence-corrected chi connectivity index (χ3v) is 2.62. The molecule has 0 atom stereocenters. The summed E-state index contributed by atoms with van der Waals surface area (Å²) >= 11 is 5.78. The van der Waals surface area contributed by atoms with Crippen LogP contribution in [0.15, 0.2) is 30.6 Å². The van der Waals surface area contributed by atoms with Crippen LogP contribution in [0.3, 0.4) is 0 Å². The summed E-state index contributed by atoms with van der Waals surface area (Å²) in [5.41, 5.74) is 1.69. The molecule has 2 aromatic heterocycles. The Morgan fingerprint density at radius 1 is 1.28 bits per heavy atom. The molecular weight excluding hydrogens is 252 g/mol. The molecule has 1 aromatic carbocycles. The van der Waals surface area contributed by atoms with Gasteiger partial charge in [-0.25, -0.2) is 15.0 Å². The Morgan fingerprint density at radius 2 is 2.17 bits per heavy atom. The third kappa shape index (κ3) is 2.00. The molecule has 0 aliphatic carbocycles. The highest BCUT2D eigenvalue weighted by atomic mass is 35.5. The zero-order chi connectivity index (χ0) is 12.5. The maximum absolute atomic E-state index is 5.78. The fraction of sp³-hybridized carbons (Fsp3) is 0.0833. The van der Waals surface area contributed by atoms with Crippen LogP contribution in [0.5, 0.6) is 11.6 Å². The van der Waals surface area contributed by atoms with Gasteiger partial charge in [0.25, 0.3) is 0 Å². The van der Waals surface area contributed by atoms with E-state index in [1.807, 2.05) is 25.1 Å². The number of halogens is 1. The second-order valence-electron chi connectivity index (χ2n) is 3.76. The summed E-state index contributed by atoms with van der Waals surface area (Å²) in [7, 11) is 0. The number of fused-ring (bicyclic) bond motifs is 1. The number of aromatic nitrogens is 4. The van der Waals surface area contributed by atoms with Crippen LogP contribution in [0.4, 0.5) is 0 Å². The van der Waals surface area contributed by atoms with Gasteiger partial charge in [-0.15, -0.1) is 0 Å². The van der Waals surface area contributed by atoms with E-state index in [1.54, 1.807) is 6.07 Å². The smallest absolute Gasteiger partial charge is 0.223 e. The lowest BCUT2D eigenvalue weighted by Crippen LogP contribution is -1.89. The summed E-state index contributed by atoms with van der Waals surface area (Å²) in [5.74, 6) is 1.86. The van der Waals surface area contributed by atoms with Crippen molar-refractivity contribution in [3.05, 3.63) is 41.6 Å². The lowest BCUT2D eigenvalue weighted by atomic mass is 10.3. The Hall–Kier alpha value is -2.14. The summed E-state index contributed by atoms with van der Waals surface area (Å²) in [5, 5.41) is 0.338. The van der Waals surface area contributed by atoms with Gasteiger partial charge in [0.2, 0.25) is 5.88 Å². The normalized spacial score (nSPS) is 10.8. The molecule has 0 fully saturated rings. The molecule has 1 N–H and O–H groups in total. The zero-order valence-electron chi connectivity index (χ0n) is 9.51. The van der Waals surface area contributed by atoms with Crippen LogP contribution in [0, 0.1) is 6.92 Å². The molecule has 0 saturated heterocycles. The van der Waals surface area contributed by atoms with Crippen molar-refractivity contribution in [2.45, 2.75) is 6.92 Å². The average molecular weight is 261 g/mol. The second kappa shape index (κ2) is 4.27. The van der Waals surface area contributed by atoms with Gasteiger partial charge >= 0.3 is 0 Å². The minimum Gasteiger partial charge on any atom is -0.437 e. The summed E-state index contributed by atoms with van der Waals surface area (Å²) in [6.07, 6.45) is 1.35. The first-order valence-corrected chi connectivity index (χ1v) is 5.71. The summed E-state index contributed by atoms with van der Waals surface area (Å²) in [4.78, 5) is 15.3. The van der Waals surface area contributed by atoms with E-state index < -0.39 is 0 Å². The van der Waals surface area contributed by atoms with Crippen LogP contribution in [-0.4, -0.2) is 19.9 Å². The predicted octanol–water partition coefficient (Wildman–Crippen LogP) is 3.11. The van der Waals surface area contributed by atoms with Gasteiger partial charge in [-0.3, -0.25) is 0 Å². The number of ether oxygens (including phenoxy) is 1. The van der Waals surface area contributed by atoms with Gasteiger partial charge in [-0.1, -0.05) is 17.7 Å². The lowest BCUT2D eigenvalue weighted by Gasteiger charge is -2.04. The number of hydrogen-bond donors (Lipinski definition) is 1. The molecule has 0 spiro atoms. The highest BCUT2D eigenvalue weighted by Crippen LogP contribution is 2.27. The molecule has 0 radical (unpaired) electrons. The van der Waals surface area contributed by atoms with Gasteiger partial charge in [0.1, 0.15) is 22.8 Å². The molecule has 18 heavy (non-hydrogen) atoms. The maximum atomic E-state index is 5.78. The Morgan fingerprint density at radius 3 is 3.00 bits per heavy atom. The van der Waals surface area contributed by atoms with Crippen LogP contribution in [0.1, 0.15) is 5.82 Å². The van der Waals surface area contributed by atoms with Gasteiger partial charge < -0.3 is 9.72 Å². The number of imidazole rings is 1. The van der Waals surface area contributed by atoms with Crippen molar-refractivity contribution in [1.82, 2.24) is 19.9 Å². The van der Waals surface area contributed by atoms with E-state index in [0.717, 1.165) is 16.9 Å². The first-order valence-electron chi connectivity index (χ1n) is 5.33. The van der Waals surface area contributed by atoms with Crippen molar-refractivity contribution in [2.24, 2.45) is 0 Å². The zero-order valence-corrected chi connectivity index (χ0v) is 10.3. The van der Waals surface area contributed by atoms with E-state index in [1.165, 1.54) is 6.33 Å². The number of para-hydroxylation sites is 1. The molecule has 0 bridgehead atoms. The number of hydrogen-bond acceptors (Lipinski definition) is 4. The molecule has 0 aliphatic rings. The Kier molecular flexibility index (Phi) is 2.60. The topological polar surface area (TPSA) is 63.7 Å². The number of rotatable bonds is 2. The number of nitrogens with zero attached hydrogens (tertiary/aromatic N) is 3. The molecule has 3 rings (SSSR count). The van der Waals surface area contributed by atoms with Crippen LogP contribution in [0.2, 0.25) is 5.15 Å². The van der Waals surface area contributed by atoms with E-state index in [2.05, 4.69) is 19.9 Å².